The van der Waals surface area contributed by atoms with Gasteiger partial charge in [0, 0.05) is 30.3 Å². The van der Waals surface area contributed by atoms with E-state index in [9.17, 15) is 9.90 Å². The van der Waals surface area contributed by atoms with Crippen molar-refractivity contribution >= 4 is 11.7 Å². The lowest BCUT2D eigenvalue weighted by atomic mass is 9.89. The van der Waals surface area contributed by atoms with Gasteiger partial charge in [0.2, 0.25) is 0 Å². The molecule has 4 atom stereocenters. The molecule has 0 radical (unpaired) electrons. The van der Waals surface area contributed by atoms with E-state index < -0.39 is 6.29 Å². The number of nitrogens with zero attached hydrogens (tertiary/aromatic N) is 1. The minimum atomic E-state index is -0.538. The van der Waals surface area contributed by atoms with Gasteiger partial charge in [-0.05, 0) is 56.1 Å². The number of amides is 2. The predicted molar refractivity (Wildman–Crippen MR) is 132 cm³/mol. The summed E-state index contributed by atoms with van der Waals surface area (Å²) >= 11 is 0. The van der Waals surface area contributed by atoms with Gasteiger partial charge in [-0.2, -0.15) is 0 Å². The van der Waals surface area contributed by atoms with Crippen molar-refractivity contribution in [1.82, 2.24) is 10.2 Å². The molecular formula is C27H37N3O4. The Morgan fingerprint density at radius 3 is 2.53 bits per heavy atom. The van der Waals surface area contributed by atoms with Crippen LogP contribution in [0.5, 0.6) is 0 Å². The van der Waals surface area contributed by atoms with Crippen molar-refractivity contribution in [2.45, 2.75) is 58.2 Å². The lowest BCUT2D eigenvalue weighted by Gasteiger charge is -2.43. The molecule has 2 aliphatic rings. The molecule has 0 aliphatic carbocycles. The van der Waals surface area contributed by atoms with Gasteiger partial charge in [0.15, 0.2) is 6.29 Å². The Hall–Kier alpha value is -2.45. The van der Waals surface area contributed by atoms with E-state index in [2.05, 4.69) is 22.5 Å². The summed E-state index contributed by atoms with van der Waals surface area (Å²) < 4.78 is 13.1. The van der Waals surface area contributed by atoms with Gasteiger partial charge in [-0.15, -0.1) is 0 Å². The fraction of sp³-hybridized carbons (Fsp3) is 0.519. The highest BCUT2D eigenvalue weighted by molar-refractivity contribution is 5.89. The first-order valence-corrected chi connectivity index (χ1v) is 12.4. The molecule has 3 N–H and O–H groups in total. The molecule has 2 aromatic rings. The molecule has 0 unspecified atom stereocenters. The van der Waals surface area contributed by atoms with Crippen molar-refractivity contribution < 1.29 is 19.4 Å². The SMILES string of the molecule is CCNC(=O)Nc1cccc([C@H]2O[C@@H](CN3CCCCC3)[C@@H](C)[C@@H](c3ccc(CO)cc3)O2)c1. The third-order valence-electron chi connectivity index (χ3n) is 6.76. The molecule has 2 heterocycles. The van der Waals surface area contributed by atoms with Crippen molar-refractivity contribution in [2.75, 3.05) is 31.5 Å². The van der Waals surface area contributed by atoms with Crippen LogP contribution < -0.4 is 10.6 Å². The first-order valence-electron chi connectivity index (χ1n) is 12.4. The van der Waals surface area contributed by atoms with Gasteiger partial charge >= 0.3 is 6.03 Å². The first-order chi connectivity index (χ1) is 16.6. The zero-order valence-electron chi connectivity index (χ0n) is 20.2. The zero-order chi connectivity index (χ0) is 23.9. The molecule has 0 spiro atoms. The molecule has 2 aromatic carbocycles. The second-order valence-electron chi connectivity index (χ2n) is 9.29. The second kappa shape index (κ2) is 11.8. The quantitative estimate of drug-likeness (QED) is 0.554. The van der Waals surface area contributed by atoms with E-state index in [1.165, 1.54) is 19.3 Å². The van der Waals surface area contributed by atoms with Crippen molar-refractivity contribution in [3.8, 4) is 0 Å². The molecule has 2 saturated heterocycles. The number of rotatable bonds is 7. The highest BCUT2D eigenvalue weighted by Crippen LogP contribution is 2.42. The van der Waals surface area contributed by atoms with Crippen LogP contribution in [0.15, 0.2) is 48.5 Å². The Morgan fingerprint density at radius 1 is 1.06 bits per heavy atom. The number of carbonyl (C=O) groups excluding carboxylic acids is 1. The summed E-state index contributed by atoms with van der Waals surface area (Å²) in [5.41, 5.74) is 3.54. The number of likely N-dealkylation sites (tertiary alicyclic amines) is 1. The summed E-state index contributed by atoms with van der Waals surface area (Å²) in [7, 11) is 0. The summed E-state index contributed by atoms with van der Waals surface area (Å²) in [6.07, 6.45) is 3.11. The van der Waals surface area contributed by atoms with Gasteiger partial charge in [0.25, 0.3) is 0 Å². The van der Waals surface area contributed by atoms with Crippen LogP contribution >= 0.6 is 0 Å². The van der Waals surface area contributed by atoms with Crippen LogP contribution in [0, 0.1) is 5.92 Å². The Balaban J connectivity index is 1.57. The number of benzene rings is 2. The third kappa shape index (κ3) is 6.16. The Kier molecular flexibility index (Phi) is 8.56. The summed E-state index contributed by atoms with van der Waals surface area (Å²) in [5.74, 6) is 0.162. The number of piperidine rings is 1. The molecular weight excluding hydrogens is 430 g/mol. The molecule has 0 bridgehead atoms. The van der Waals surface area contributed by atoms with E-state index in [0.29, 0.717) is 12.2 Å². The number of aliphatic hydroxyl groups excluding tert-OH is 1. The standard InChI is InChI=1S/C27H37N3O4/c1-3-28-27(32)29-23-9-7-8-22(16-23)26-33-24(17-30-14-5-4-6-15-30)19(2)25(34-26)21-12-10-20(18-31)11-13-21/h7-13,16,19,24-26,31H,3-6,14-15,17-18H2,1-2H3,(H2,28,29,32)/t19-,24+,25+,26+/m1/s1. The number of carbonyl (C=O) groups is 1. The second-order valence-corrected chi connectivity index (χ2v) is 9.29. The minimum Gasteiger partial charge on any atom is -0.392 e. The average molecular weight is 468 g/mol. The Labute approximate surface area is 202 Å². The average Bonchev–Trinajstić information content (AvgIpc) is 2.86. The largest absolute Gasteiger partial charge is 0.392 e. The van der Waals surface area contributed by atoms with E-state index in [4.69, 9.17) is 9.47 Å². The lowest BCUT2D eigenvalue weighted by molar-refractivity contribution is -0.276. The summed E-state index contributed by atoms with van der Waals surface area (Å²) in [6.45, 7) is 7.77. The predicted octanol–water partition coefficient (Wildman–Crippen LogP) is 4.60. The third-order valence-corrected chi connectivity index (χ3v) is 6.76. The molecule has 184 valence electrons. The zero-order valence-corrected chi connectivity index (χ0v) is 20.2. The first kappa shape index (κ1) is 24.7. The molecule has 0 saturated carbocycles. The maximum absolute atomic E-state index is 12.0. The van der Waals surface area contributed by atoms with Crippen LogP contribution in [-0.2, 0) is 16.1 Å². The number of aliphatic hydroxyl groups is 1. The Morgan fingerprint density at radius 2 is 1.82 bits per heavy atom. The van der Waals surface area contributed by atoms with E-state index in [1.54, 1.807) is 0 Å². The minimum absolute atomic E-state index is 0.0133. The normalized spacial score (nSPS) is 25.6. The number of hydrogen-bond acceptors (Lipinski definition) is 5. The van der Waals surface area contributed by atoms with Gasteiger partial charge in [-0.25, -0.2) is 4.79 Å². The maximum Gasteiger partial charge on any atom is 0.319 e. The molecule has 2 amide bonds. The smallest absolute Gasteiger partial charge is 0.319 e. The Bertz CT molecular complexity index is 930. The van der Waals surface area contributed by atoms with E-state index >= 15 is 0 Å². The summed E-state index contributed by atoms with van der Waals surface area (Å²) in [6, 6.07) is 15.4. The van der Waals surface area contributed by atoms with E-state index in [0.717, 1.165) is 36.3 Å². The number of anilines is 1. The topological polar surface area (TPSA) is 83.1 Å². The van der Waals surface area contributed by atoms with Crippen molar-refractivity contribution in [1.29, 1.82) is 0 Å². The van der Waals surface area contributed by atoms with Crippen molar-refractivity contribution in [3.63, 3.8) is 0 Å². The van der Waals surface area contributed by atoms with Crippen LogP contribution in [0.3, 0.4) is 0 Å². The van der Waals surface area contributed by atoms with Crippen LogP contribution in [0.25, 0.3) is 0 Å². The van der Waals surface area contributed by atoms with Gasteiger partial charge in [-0.3, -0.25) is 0 Å². The van der Waals surface area contributed by atoms with Gasteiger partial charge < -0.3 is 30.1 Å². The number of nitrogens with one attached hydrogen (secondary N) is 2. The maximum atomic E-state index is 12.0. The molecule has 2 aliphatic heterocycles. The fourth-order valence-corrected chi connectivity index (χ4v) is 4.82. The summed E-state index contributed by atoms with van der Waals surface area (Å²) in [5, 5.41) is 15.1. The van der Waals surface area contributed by atoms with Crippen LogP contribution in [0.1, 0.15) is 62.2 Å². The number of hydrogen-bond donors (Lipinski definition) is 3. The molecule has 7 nitrogen and oxygen atoms in total. The lowest BCUT2D eigenvalue weighted by Crippen LogP contribution is -2.45. The van der Waals surface area contributed by atoms with Crippen molar-refractivity contribution in [3.05, 3.63) is 65.2 Å². The van der Waals surface area contributed by atoms with Crippen molar-refractivity contribution in [2.24, 2.45) is 5.92 Å². The van der Waals surface area contributed by atoms with Crippen LogP contribution in [0.2, 0.25) is 0 Å². The molecule has 7 heteroatoms. The number of ether oxygens (including phenoxy) is 2. The fourth-order valence-electron chi connectivity index (χ4n) is 4.82. The molecule has 34 heavy (non-hydrogen) atoms. The highest BCUT2D eigenvalue weighted by atomic mass is 16.7. The van der Waals surface area contributed by atoms with Gasteiger partial charge in [0.05, 0.1) is 18.8 Å². The van der Waals surface area contributed by atoms with E-state index in [-0.39, 0.29) is 30.8 Å². The van der Waals surface area contributed by atoms with Crippen LogP contribution in [-0.4, -0.2) is 48.3 Å². The molecule has 0 aromatic heterocycles. The van der Waals surface area contributed by atoms with Gasteiger partial charge in [0.1, 0.15) is 0 Å². The highest BCUT2D eigenvalue weighted by Gasteiger charge is 2.39. The summed E-state index contributed by atoms with van der Waals surface area (Å²) in [4.78, 5) is 14.5. The van der Waals surface area contributed by atoms with Gasteiger partial charge in [-0.1, -0.05) is 49.7 Å². The van der Waals surface area contributed by atoms with E-state index in [1.807, 2.05) is 55.5 Å². The van der Waals surface area contributed by atoms with Crippen LogP contribution in [0.4, 0.5) is 10.5 Å². The molecule has 2 fully saturated rings. The monoisotopic (exact) mass is 467 g/mol. The number of urea groups is 1. The molecule has 4 rings (SSSR count).